The Kier molecular flexibility index (Phi) is 4.95. The van der Waals surface area contributed by atoms with Crippen LogP contribution >= 0.6 is 11.3 Å². The molecule has 2 atom stereocenters. The second-order valence-corrected chi connectivity index (χ2v) is 5.90. The Labute approximate surface area is 126 Å². The van der Waals surface area contributed by atoms with Crippen LogP contribution in [-0.4, -0.2) is 30.1 Å². The van der Waals surface area contributed by atoms with E-state index >= 15 is 0 Å². The Bertz CT molecular complexity index is 553. The van der Waals surface area contributed by atoms with E-state index < -0.39 is 23.8 Å². The van der Waals surface area contributed by atoms with E-state index in [1.165, 1.54) is 18.4 Å². The molecule has 1 heterocycles. The van der Waals surface area contributed by atoms with Crippen molar-refractivity contribution >= 4 is 34.2 Å². The minimum atomic E-state index is -0.936. The number of aliphatic carboxylic acids is 1. The molecule has 0 radical (unpaired) electrons. The van der Waals surface area contributed by atoms with Crippen molar-refractivity contribution < 1.29 is 24.2 Å². The maximum Gasteiger partial charge on any atom is 0.340 e. The summed E-state index contributed by atoms with van der Waals surface area (Å²) in [6.45, 7) is 0. The van der Waals surface area contributed by atoms with E-state index in [1.54, 1.807) is 11.4 Å². The van der Waals surface area contributed by atoms with Crippen LogP contribution in [0.3, 0.4) is 0 Å². The number of anilines is 1. The number of carboxylic acids is 1. The van der Waals surface area contributed by atoms with E-state index in [0.717, 1.165) is 12.8 Å². The van der Waals surface area contributed by atoms with Crippen LogP contribution in [0.4, 0.5) is 5.00 Å². The summed E-state index contributed by atoms with van der Waals surface area (Å²) in [5.41, 5.74) is 0.290. The van der Waals surface area contributed by atoms with Crippen LogP contribution in [0, 0.1) is 11.8 Å². The molecule has 2 rings (SSSR count). The van der Waals surface area contributed by atoms with Crippen molar-refractivity contribution in [2.24, 2.45) is 11.8 Å². The monoisotopic (exact) mass is 311 g/mol. The third-order valence-electron chi connectivity index (χ3n) is 3.73. The number of esters is 1. The van der Waals surface area contributed by atoms with Crippen molar-refractivity contribution in [2.45, 2.75) is 25.7 Å². The summed E-state index contributed by atoms with van der Waals surface area (Å²) < 4.78 is 4.64. The molecule has 1 aliphatic rings. The van der Waals surface area contributed by atoms with Crippen LogP contribution in [0.25, 0.3) is 0 Å². The Morgan fingerprint density at radius 1 is 1.29 bits per heavy atom. The van der Waals surface area contributed by atoms with Gasteiger partial charge in [0.2, 0.25) is 5.91 Å². The lowest BCUT2D eigenvalue weighted by atomic mass is 9.79. The molecule has 0 bridgehead atoms. The molecule has 1 saturated carbocycles. The summed E-state index contributed by atoms with van der Waals surface area (Å²) in [4.78, 5) is 35.1. The summed E-state index contributed by atoms with van der Waals surface area (Å²) >= 11 is 1.21. The zero-order chi connectivity index (χ0) is 15.4. The van der Waals surface area contributed by atoms with Gasteiger partial charge in [0, 0.05) is 0 Å². The fraction of sp³-hybridized carbons (Fsp3) is 0.500. The number of amides is 1. The maximum absolute atomic E-state index is 12.3. The maximum atomic E-state index is 12.3. The predicted octanol–water partition coefficient (Wildman–Crippen LogP) is 2.36. The van der Waals surface area contributed by atoms with Gasteiger partial charge in [-0.1, -0.05) is 12.8 Å². The highest BCUT2D eigenvalue weighted by Crippen LogP contribution is 2.32. The van der Waals surface area contributed by atoms with Crippen LogP contribution in [0.15, 0.2) is 11.4 Å². The molecule has 114 valence electrons. The fourth-order valence-electron chi connectivity index (χ4n) is 2.62. The minimum Gasteiger partial charge on any atom is -0.481 e. The zero-order valence-corrected chi connectivity index (χ0v) is 12.4. The Morgan fingerprint density at radius 2 is 1.95 bits per heavy atom. The summed E-state index contributed by atoms with van der Waals surface area (Å²) in [7, 11) is 1.27. The highest BCUT2D eigenvalue weighted by molar-refractivity contribution is 7.14. The third-order valence-corrected chi connectivity index (χ3v) is 4.56. The number of carbonyl (C=O) groups excluding carboxylic acids is 2. The molecular formula is C14H17NO5S. The Balaban J connectivity index is 2.12. The van der Waals surface area contributed by atoms with Crippen LogP contribution < -0.4 is 5.32 Å². The van der Waals surface area contributed by atoms with Gasteiger partial charge < -0.3 is 15.2 Å². The first-order valence-electron chi connectivity index (χ1n) is 6.74. The molecule has 1 aliphatic carbocycles. The number of rotatable bonds is 4. The van der Waals surface area contributed by atoms with Gasteiger partial charge in [0.1, 0.15) is 5.00 Å². The van der Waals surface area contributed by atoms with Crippen molar-refractivity contribution in [3.05, 3.63) is 17.0 Å². The van der Waals surface area contributed by atoms with Gasteiger partial charge in [0.15, 0.2) is 0 Å². The third kappa shape index (κ3) is 3.41. The van der Waals surface area contributed by atoms with E-state index in [2.05, 4.69) is 10.1 Å². The highest BCUT2D eigenvalue weighted by atomic mass is 32.1. The molecule has 1 fully saturated rings. The number of nitrogens with one attached hydrogen (secondary N) is 1. The summed E-state index contributed by atoms with van der Waals surface area (Å²) in [6, 6.07) is 1.57. The van der Waals surface area contributed by atoms with Gasteiger partial charge in [-0.3, -0.25) is 9.59 Å². The molecular weight excluding hydrogens is 294 g/mol. The van der Waals surface area contributed by atoms with Gasteiger partial charge in [-0.15, -0.1) is 11.3 Å². The standard InChI is InChI=1S/C14H17NO5S/c1-20-14(19)10-6-7-21-12(10)15-11(16)8-4-2-3-5-9(8)13(17)18/h6-9H,2-5H2,1H3,(H,15,16)(H,17,18)/t8-,9-/m1/s1. The second-order valence-electron chi connectivity index (χ2n) is 4.98. The lowest BCUT2D eigenvalue weighted by molar-refractivity contribution is -0.147. The summed E-state index contributed by atoms with van der Waals surface area (Å²) in [6.07, 6.45) is 2.74. The Morgan fingerprint density at radius 3 is 2.57 bits per heavy atom. The largest absolute Gasteiger partial charge is 0.481 e. The van der Waals surface area contributed by atoms with Gasteiger partial charge in [-0.25, -0.2) is 4.79 Å². The summed E-state index contributed by atoms with van der Waals surface area (Å²) in [5.74, 6) is -3.00. The number of hydrogen-bond acceptors (Lipinski definition) is 5. The second kappa shape index (κ2) is 6.71. The van der Waals surface area contributed by atoms with E-state index in [4.69, 9.17) is 0 Å². The smallest absolute Gasteiger partial charge is 0.340 e. The first-order chi connectivity index (χ1) is 10.0. The quantitative estimate of drug-likeness (QED) is 0.833. The molecule has 0 aromatic carbocycles. The van der Waals surface area contributed by atoms with Gasteiger partial charge in [0.25, 0.3) is 0 Å². The van der Waals surface area contributed by atoms with Crippen LogP contribution in [-0.2, 0) is 14.3 Å². The molecule has 0 unspecified atom stereocenters. The van der Waals surface area contributed by atoms with E-state index in [0.29, 0.717) is 23.4 Å². The van der Waals surface area contributed by atoms with Gasteiger partial charge in [0.05, 0.1) is 24.5 Å². The SMILES string of the molecule is COC(=O)c1ccsc1NC(=O)[C@@H]1CCCC[C@H]1C(=O)O. The molecule has 7 heteroatoms. The van der Waals surface area contributed by atoms with Crippen molar-refractivity contribution in [2.75, 3.05) is 12.4 Å². The molecule has 2 N–H and O–H groups in total. The van der Waals surface area contributed by atoms with Crippen molar-refractivity contribution in [1.29, 1.82) is 0 Å². The van der Waals surface area contributed by atoms with Gasteiger partial charge in [-0.05, 0) is 24.3 Å². The lowest BCUT2D eigenvalue weighted by Crippen LogP contribution is -2.36. The van der Waals surface area contributed by atoms with Crippen LogP contribution in [0.2, 0.25) is 0 Å². The first-order valence-corrected chi connectivity index (χ1v) is 7.62. The fourth-order valence-corrected chi connectivity index (χ4v) is 3.40. The van der Waals surface area contributed by atoms with Crippen molar-refractivity contribution in [1.82, 2.24) is 0 Å². The average Bonchev–Trinajstić information content (AvgIpc) is 2.94. The average molecular weight is 311 g/mol. The van der Waals surface area contributed by atoms with Gasteiger partial charge in [-0.2, -0.15) is 0 Å². The van der Waals surface area contributed by atoms with Crippen molar-refractivity contribution in [3.8, 4) is 0 Å². The number of thiophene rings is 1. The van der Waals surface area contributed by atoms with Gasteiger partial charge >= 0.3 is 11.9 Å². The zero-order valence-electron chi connectivity index (χ0n) is 11.6. The molecule has 21 heavy (non-hydrogen) atoms. The topological polar surface area (TPSA) is 92.7 Å². The Hall–Kier alpha value is -1.89. The van der Waals surface area contributed by atoms with E-state index in [1.807, 2.05) is 0 Å². The molecule has 0 saturated heterocycles. The molecule has 1 amide bonds. The lowest BCUT2D eigenvalue weighted by Gasteiger charge is -2.27. The van der Waals surface area contributed by atoms with Crippen LogP contribution in [0.5, 0.6) is 0 Å². The highest BCUT2D eigenvalue weighted by Gasteiger charge is 2.36. The predicted molar refractivity (Wildman–Crippen MR) is 77.4 cm³/mol. The van der Waals surface area contributed by atoms with Crippen molar-refractivity contribution in [3.63, 3.8) is 0 Å². The number of carboxylic acid groups (broad SMARTS) is 1. The first kappa shape index (κ1) is 15.5. The number of ether oxygens (including phenoxy) is 1. The summed E-state index contributed by atoms with van der Waals surface area (Å²) in [5, 5.41) is 14.0. The van der Waals surface area contributed by atoms with E-state index in [9.17, 15) is 19.5 Å². The van der Waals surface area contributed by atoms with E-state index in [-0.39, 0.29) is 5.91 Å². The molecule has 1 aromatic rings. The number of hydrogen-bond donors (Lipinski definition) is 2. The number of methoxy groups -OCH3 is 1. The number of carbonyl (C=O) groups is 3. The normalized spacial score (nSPS) is 21.6. The molecule has 0 aliphatic heterocycles. The molecule has 1 aromatic heterocycles. The minimum absolute atomic E-state index is 0.290. The van der Waals surface area contributed by atoms with Crippen LogP contribution in [0.1, 0.15) is 36.0 Å². The molecule has 0 spiro atoms. The molecule has 6 nitrogen and oxygen atoms in total.